The van der Waals surface area contributed by atoms with Crippen molar-refractivity contribution >= 4 is 28.9 Å². The minimum Gasteiger partial charge on any atom is -0.495 e. The average molecular weight is 554 g/mol. The highest BCUT2D eigenvalue weighted by Crippen LogP contribution is 2.38. The Morgan fingerprint density at radius 3 is 1.98 bits per heavy atom. The third-order valence-electron chi connectivity index (χ3n) is 6.13. The Hall–Kier alpha value is -5.51. The number of methoxy groups -OCH3 is 4. The summed E-state index contributed by atoms with van der Waals surface area (Å²) in [6.45, 7) is 4.18. The highest BCUT2D eigenvalue weighted by molar-refractivity contribution is 6.06. The standard InChI is InChI=1S/C31H31N5O5/c1-19(20-6-8-21(9-7-20)22-12-14-33-15-13-22)34-25-18-24(10-11-26(25)38-2)35-31(32)36-30(37)23-16-27(39-3)29(41-5)28(17-23)40-4/h6-18,34H,1H2,2-5H3,(H3,32,35,36,37). The molecule has 0 fully saturated rings. The lowest BCUT2D eigenvalue weighted by Gasteiger charge is -2.15. The van der Waals surface area contributed by atoms with Gasteiger partial charge in [0, 0.05) is 23.7 Å². The Bertz CT molecular complexity index is 1550. The number of carbonyl (C=O) groups is 1. The molecule has 0 aliphatic heterocycles. The van der Waals surface area contributed by atoms with Crippen LogP contribution in [0.15, 0.2) is 90.7 Å². The number of hydrogen-bond acceptors (Lipinski definition) is 8. The van der Waals surface area contributed by atoms with Crippen LogP contribution >= 0.6 is 0 Å². The maximum Gasteiger partial charge on any atom is 0.258 e. The molecule has 0 bridgehead atoms. The Kier molecular flexibility index (Phi) is 9.06. The Morgan fingerprint density at radius 1 is 0.780 bits per heavy atom. The van der Waals surface area contributed by atoms with Gasteiger partial charge >= 0.3 is 0 Å². The van der Waals surface area contributed by atoms with Gasteiger partial charge in [0.15, 0.2) is 11.5 Å². The molecular formula is C31H31N5O5. The van der Waals surface area contributed by atoms with Gasteiger partial charge in [-0.25, -0.2) is 4.99 Å². The zero-order valence-corrected chi connectivity index (χ0v) is 23.2. The second-order valence-corrected chi connectivity index (χ2v) is 8.67. The van der Waals surface area contributed by atoms with E-state index in [0.29, 0.717) is 40.1 Å². The molecule has 0 spiro atoms. The van der Waals surface area contributed by atoms with E-state index in [2.05, 4.69) is 27.2 Å². The molecule has 0 aliphatic rings. The number of nitrogens with zero attached hydrogens (tertiary/aromatic N) is 2. The van der Waals surface area contributed by atoms with E-state index < -0.39 is 5.91 Å². The molecule has 0 saturated carbocycles. The zero-order valence-electron chi connectivity index (χ0n) is 23.2. The van der Waals surface area contributed by atoms with Crippen LogP contribution in [0.25, 0.3) is 16.8 Å². The Morgan fingerprint density at radius 2 is 1.39 bits per heavy atom. The highest BCUT2D eigenvalue weighted by Gasteiger charge is 2.17. The SMILES string of the molecule is C=C(Nc1cc(N=C(N)NC(=O)c2cc(OC)c(OC)c(OC)c2)ccc1OC)c1ccc(-c2ccncc2)cc1. The molecular weight excluding hydrogens is 522 g/mol. The van der Waals surface area contributed by atoms with Crippen LogP contribution in [-0.4, -0.2) is 45.3 Å². The summed E-state index contributed by atoms with van der Waals surface area (Å²) in [7, 11) is 5.99. The number of hydrogen-bond donors (Lipinski definition) is 3. The molecule has 1 aromatic heterocycles. The van der Waals surface area contributed by atoms with Crippen LogP contribution in [0.5, 0.6) is 23.0 Å². The van der Waals surface area contributed by atoms with Crippen molar-refractivity contribution in [2.75, 3.05) is 33.8 Å². The van der Waals surface area contributed by atoms with Crippen molar-refractivity contribution in [2.24, 2.45) is 10.7 Å². The second-order valence-electron chi connectivity index (χ2n) is 8.67. The lowest BCUT2D eigenvalue weighted by Crippen LogP contribution is -2.36. The number of nitrogens with one attached hydrogen (secondary N) is 2. The predicted octanol–water partition coefficient (Wildman–Crippen LogP) is 5.24. The predicted molar refractivity (Wildman–Crippen MR) is 160 cm³/mol. The number of benzene rings is 3. The number of ether oxygens (including phenoxy) is 4. The number of carbonyl (C=O) groups excluding carboxylic acids is 1. The van der Waals surface area contributed by atoms with Crippen LogP contribution in [0.4, 0.5) is 11.4 Å². The fraction of sp³-hybridized carbons (Fsp3) is 0.129. The molecule has 0 atom stereocenters. The number of nitrogens with two attached hydrogens (primary N) is 1. The Balaban J connectivity index is 1.50. The third kappa shape index (κ3) is 6.74. The lowest BCUT2D eigenvalue weighted by molar-refractivity contribution is 0.0976. The van der Waals surface area contributed by atoms with Crippen molar-refractivity contribution in [3.63, 3.8) is 0 Å². The van der Waals surface area contributed by atoms with Crippen LogP contribution < -0.4 is 35.3 Å². The van der Waals surface area contributed by atoms with Gasteiger partial charge < -0.3 is 30.0 Å². The summed E-state index contributed by atoms with van der Waals surface area (Å²) >= 11 is 0. The Labute approximate surface area is 238 Å². The summed E-state index contributed by atoms with van der Waals surface area (Å²) in [4.78, 5) is 21.3. The summed E-state index contributed by atoms with van der Waals surface area (Å²) in [5, 5.41) is 5.87. The number of guanidine groups is 1. The summed E-state index contributed by atoms with van der Waals surface area (Å²) in [5.41, 5.74) is 11.1. The van der Waals surface area contributed by atoms with Crippen molar-refractivity contribution in [3.8, 4) is 34.1 Å². The highest BCUT2D eigenvalue weighted by atomic mass is 16.5. The average Bonchev–Trinajstić information content (AvgIpc) is 3.00. The third-order valence-corrected chi connectivity index (χ3v) is 6.13. The van der Waals surface area contributed by atoms with Crippen LogP contribution in [0.1, 0.15) is 15.9 Å². The molecule has 3 aromatic carbocycles. The van der Waals surface area contributed by atoms with Crippen molar-refractivity contribution in [1.82, 2.24) is 10.3 Å². The van der Waals surface area contributed by atoms with Gasteiger partial charge in [-0.15, -0.1) is 0 Å². The van der Waals surface area contributed by atoms with Crippen molar-refractivity contribution < 1.29 is 23.7 Å². The van der Waals surface area contributed by atoms with Gasteiger partial charge in [0.1, 0.15) is 5.75 Å². The summed E-state index contributed by atoms with van der Waals surface area (Å²) in [6.07, 6.45) is 3.52. The first-order chi connectivity index (χ1) is 19.9. The van der Waals surface area contributed by atoms with E-state index in [-0.39, 0.29) is 11.5 Å². The molecule has 4 N–H and O–H groups in total. The van der Waals surface area contributed by atoms with Crippen LogP contribution in [-0.2, 0) is 0 Å². The van der Waals surface area contributed by atoms with Gasteiger partial charge in [0.2, 0.25) is 11.7 Å². The van der Waals surface area contributed by atoms with E-state index in [9.17, 15) is 4.79 Å². The molecule has 0 unspecified atom stereocenters. The largest absolute Gasteiger partial charge is 0.495 e. The van der Waals surface area contributed by atoms with Crippen LogP contribution in [0, 0.1) is 0 Å². The van der Waals surface area contributed by atoms with Gasteiger partial charge in [-0.3, -0.25) is 15.1 Å². The number of amides is 1. The number of pyridine rings is 1. The maximum absolute atomic E-state index is 12.9. The maximum atomic E-state index is 12.9. The van der Waals surface area contributed by atoms with Crippen molar-refractivity contribution in [1.29, 1.82) is 0 Å². The van der Waals surface area contributed by atoms with E-state index in [4.69, 9.17) is 24.7 Å². The number of rotatable bonds is 10. The van der Waals surface area contributed by atoms with Gasteiger partial charge in [0.05, 0.1) is 39.8 Å². The normalized spacial score (nSPS) is 10.9. The second kappa shape index (κ2) is 13.0. The molecule has 0 saturated heterocycles. The number of aromatic nitrogens is 1. The first-order valence-electron chi connectivity index (χ1n) is 12.5. The molecule has 1 amide bonds. The van der Waals surface area contributed by atoms with E-state index in [1.165, 1.54) is 33.5 Å². The van der Waals surface area contributed by atoms with Gasteiger partial charge in [-0.1, -0.05) is 30.8 Å². The van der Waals surface area contributed by atoms with Gasteiger partial charge in [-0.05, 0) is 59.2 Å². The van der Waals surface area contributed by atoms with E-state index in [1.807, 2.05) is 36.4 Å². The molecule has 4 aromatic rings. The van der Waals surface area contributed by atoms with Gasteiger partial charge in [0.25, 0.3) is 5.91 Å². The topological polar surface area (TPSA) is 129 Å². The quantitative estimate of drug-likeness (QED) is 0.180. The summed E-state index contributed by atoms with van der Waals surface area (Å²) in [5.74, 6) is 1.03. The minimum absolute atomic E-state index is 0.106. The zero-order chi connectivity index (χ0) is 29.4. The molecule has 0 radical (unpaired) electrons. The smallest absolute Gasteiger partial charge is 0.258 e. The monoisotopic (exact) mass is 553 g/mol. The summed E-state index contributed by atoms with van der Waals surface area (Å²) < 4.78 is 21.5. The van der Waals surface area contributed by atoms with E-state index >= 15 is 0 Å². The molecule has 41 heavy (non-hydrogen) atoms. The fourth-order valence-electron chi connectivity index (χ4n) is 4.07. The molecule has 210 valence electrons. The molecule has 10 nitrogen and oxygen atoms in total. The molecule has 10 heteroatoms. The first-order valence-corrected chi connectivity index (χ1v) is 12.5. The number of aliphatic imine (C=N–C) groups is 1. The molecule has 4 rings (SSSR count). The fourth-order valence-corrected chi connectivity index (χ4v) is 4.07. The first kappa shape index (κ1) is 28.5. The van der Waals surface area contributed by atoms with E-state index in [0.717, 1.165) is 16.7 Å². The van der Waals surface area contributed by atoms with Crippen LogP contribution in [0.2, 0.25) is 0 Å². The van der Waals surface area contributed by atoms with Crippen molar-refractivity contribution in [2.45, 2.75) is 0 Å². The van der Waals surface area contributed by atoms with E-state index in [1.54, 1.807) is 37.7 Å². The summed E-state index contributed by atoms with van der Waals surface area (Å²) in [6, 6.07) is 20.2. The number of anilines is 1. The van der Waals surface area contributed by atoms with Gasteiger partial charge in [-0.2, -0.15) is 0 Å². The van der Waals surface area contributed by atoms with Crippen molar-refractivity contribution in [3.05, 3.63) is 96.8 Å². The van der Waals surface area contributed by atoms with Crippen LogP contribution in [0.3, 0.4) is 0 Å². The minimum atomic E-state index is -0.499. The molecule has 1 heterocycles. The molecule has 0 aliphatic carbocycles. The lowest BCUT2D eigenvalue weighted by atomic mass is 10.0.